The van der Waals surface area contributed by atoms with E-state index in [0.29, 0.717) is 18.9 Å². The summed E-state index contributed by atoms with van der Waals surface area (Å²) in [4.78, 5) is 11.6. The van der Waals surface area contributed by atoms with Crippen molar-refractivity contribution in [2.24, 2.45) is 0 Å². The maximum absolute atomic E-state index is 11.6. The van der Waals surface area contributed by atoms with Crippen molar-refractivity contribution in [1.29, 1.82) is 0 Å². The van der Waals surface area contributed by atoms with E-state index < -0.39 is 0 Å². The summed E-state index contributed by atoms with van der Waals surface area (Å²) in [5.41, 5.74) is 0. The summed E-state index contributed by atoms with van der Waals surface area (Å²) in [5, 5.41) is 3.32. The lowest BCUT2D eigenvalue weighted by molar-refractivity contribution is -0.119. The number of rotatable bonds is 4. The number of furan rings is 1. The van der Waals surface area contributed by atoms with Gasteiger partial charge in [0, 0.05) is 12.5 Å². The van der Waals surface area contributed by atoms with Gasteiger partial charge in [0.2, 0.25) is 0 Å². The maximum atomic E-state index is 11.6. The Morgan fingerprint density at radius 1 is 1.64 bits per heavy atom. The van der Waals surface area contributed by atoms with E-state index in [9.17, 15) is 4.79 Å². The molecule has 1 aromatic rings. The Hall–Kier alpha value is -1.09. The van der Waals surface area contributed by atoms with Crippen molar-refractivity contribution in [3.63, 3.8) is 0 Å². The highest BCUT2D eigenvalue weighted by Crippen LogP contribution is 2.11. The third-order valence-electron chi connectivity index (χ3n) is 2.59. The number of carbonyl (C=O) groups is 1. The molecule has 1 unspecified atom stereocenters. The highest BCUT2D eigenvalue weighted by atomic mass is 16.3. The van der Waals surface area contributed by atoms with Crippen LogP contribution in [0.3, 0.4) is 0 Å². The molecule has 1 fully saturated rings. The molecule has 0 bridgehead atoms. The fraction of sp³-hybridized carbons (Fsp3) is 0.545. The van der Waals surface area contributed by atoms with Gasteiger partial charge in [-0.3, -0.25) is 4.79 Å². The monoisotopic (exact) mass is 193 g/mol. The predicted molar refractivity (Wildman–Crippen MR) is 53.1 cm³/mol. The highest BCUT2D eigenvalue weighted by Gasteiger charge is 2.18. The summed E-state index contributed by atoms with van der Waals surface area (Å²) in [7, 11) is 0. The van der Waals surface area contributed by atoms with Gasteiger partial charge in [-0.15, -0.1) is 0 Å². The van der Waals surface area contributed by atoms with Crippen LogP contribution in [0.5, 0.6) is 0 Å². The molecule has 1 aliphatic heterocycles. The molecule has 0 saturated carbocycles. The second-order valence-electron chi connectivity index (χ2n) is 3.79. The summed E-state index contributed by atoms with van der Waals surface area (Å²) in [6.45, 7) is 1.05. The summed E-state index contributed by atoms with van der Waals surface area (Å²) >= 11 is 0. The van der Waals surface area contributed by atoms with Gasteiger partial charge in [0.15, 0.2) is 0 Å². The molecule has 3 nitrogen and oxygen atoms in total. The quantitative estimate of drug-likeness (QED) is 0.788. The van der Waals surface area contributed by atoms with Crippen molar-refractivity contribution >= 4 is 5.78 Å². The summed E-state index contributed by atoms with van der Waals surface area (Å²) in [5.74, 6) is 1.03. The lowest BCUT2D eigenvalue weighted by Gasteiger charge is -2.07. The van der Waals surface area contributed by atoms with Gasteiger partial charge in [-0.1, -0.05) is 0 Å². The molecule has 0 aliphatic carbocycles. The Balaban J connectivity index is 1.78. The molecular weight excluding hydrogens is 178 g/mol. The van der Waals surface area contributed by atoms with Gasteiger partial charge in [-0.25, -0.2) is 0 Å². The Morgan fingerprint density at radius 2 is 2.57 bits per heavy atom. The van der Waals surface area contributed by atoms with Crippen LogP contribution >= 0.6 is 0 Å². The zero-order valence-electron chi connectivity index (χ0n) is 8.16. The second-order valence-corrected chi connectivity index (χ2v) is 3.79. The van der Waals surface area contributed by atoms with Crippen LogP contribution < -0.4 is 5.32 Å². The molecule has 0 aromatic carbocycles. The van der Waals surface area contributed by atoms with Crippen LogP contribution in [0.25, 0.3) is 0 Å². The van der Waals surface area contributed by atoms with Gasteiger partial charge in [0.1, 0.15) is 11.5 Å². The van der Waals surface area contributed by atoms with Crippen LogP contribution in [0.15, 0.2) is 22.8 Å². The van der Waals surface area contributed by atoms with Crippen molar-refractivity contribution in [2.75, 3.05) is 6.54 Å². The molecule has 1 aliphatic rings. The van der Waals surface area contributed by atoms with E-state index >= 15 is 0 Å². The van der Waals surface area contributed by atoms with Gasteiger partial charge in [-0.05, 0) is 31.5 Å². The number of hydrogen-bond donors (Lipinski definition) is 1. The van der Waals surface area contributed by atoms with Crippen molar-refractivity contribution in [3.8, 4) is 0 Å². The molecule has 1 aromatic heterocycles. The number of hydrogen-bond acceptors (Lipinski definition) is 3. The largest absolute Gasteiger partial charge is 0.469 e. The minimum absolute atomic E-state index is 0.263. The van der Waals surface area contributed by atoms with Crippen molar-refractivity contribution in [2.45, 2.75) is 31.7 Å². The molecule has 1 saturated heterocycles. The average Bonchev–Trinajstić information content (AvgIpc) is 2.76. The lowest BCUT2D eigenvalue weighted by Crippen LogP contribution is -2.25. The van der Waals surface area contributed by atoms with E-state index in [1.165, 1.54) is 6.42 Å². The van der Waals surface area contributed by atoms with Gasteiger partial charge in [-0.2, -0.15) is 0 Å². The summed E-state index contributed by atoms with van der Waals surface area (Å²) in [6.07, 6.45) is 5.00. The minimum Gasteiger partial charge on any atom is -0.469 e. The van der Waals surface area contributed by atoms with Crippen LogP contribution in [0.1, 0.15) is 25.0 Å². The number of Topliss-reactive ketones (excluding diaryl/α,β-unsaturated/α-hetero) is 1. The third-order valence-corrected chi connectivity index (χ3v) is 2.59. The highest BCUT2D eigenvalue weighted by molar-refractivity contribution is 5.80. The smallest absolute Gasteiger partial charge is 0.141 e. The van der Waals surface area contributed by atoms with Gasteiger partial charge in [0.05, 0.1) is 12.7 Å². The molecule has 0 spiro atoms. The van der Waals surface area contributed by atoms with Crippen LogP contribution in [-0.4, -0.2) is 18.4 Å². The van der Waals surface area contributed by atoms with Crippen LogP contribution in [0, 0.1) is 0 Å². The zero-order chi connectivity index (χ0) is 9.80. The first kappa shape index (κ1) is 9.46. The number of ketones is 1. The normalized spacial score (nSPS) is 21.3. The van der Waals surface area contributed by atoms with Crippen molar-refractivity contribution in [3.05, 3.63) is 24.2 Å². The lowest BCUT2D eigenvalue weighted by atomic mass is 10.1. The van der Waals surface area contributed by atoms with Crippen molar-refractivity contribution < 1.29 is 9.21 Å². The summed E-state index contributed by atoms with van der Waals surface area (Å²) in [6, 6.07) is 4.06. The van der Waals surface area contributed by atoms with E-state index in [2.05, 4.69) is 5.32 Å². The van der Waals surface area contributed by atoms with E-state index in [-0.39, 0.29) is 5.78 Å². The average molecular weight is 193 g/mol. The van der Waals surface area contributed by atoms with Crippen LogP contribution in [-0.2, 0) is 11.2 Å². The summed E-state index contributed by atoms with van der Waals surface area (Å²) < 4.78 is 5.13. The molecule has 76 valence electrons. The predicted octanol–water partition coefficient (Wildman–Crippen LogP) is 1.53. The molecule has 1 N–H and O–H groups in total. The maximum Gasteiger partial charge on any atom is 0.141 e. The first-order valence-corrected chi connectivity index (χ1v) is 5.12. The van der Waals surface area contributed by atoms with Gasteiger partial charge in [0.25, 0.3) is 0 Å². The molecule has 0 amide bonds. The first-order valence-electron chi connectivity index (χ1n) is 5.12. The Kier molecular flexibility index (Phi) is 2.99. The van der Waals surface area contributed by atoms with Crippen LogP contribution in [0.4, 0.5) is 0 Å². The number of nitrogens with one attached hydrogen (secondary N) is 1. The van der Waals surface area contributed by atoms with Gasteiger partial charge < -0.3 is 9.73 Å². The van der Waals surface area contributed by atoms with Crippen LogP contribution in [0.2, 0.25) is 0 Å². The fourth-order valence-electron chi connectivity index (χ4n) is 1.89. The van der Waals surface area contributed by atoms with E-state index in [1.807, 2.05) is 12.1 Å². The molecule has 0 radical (unpaired) electrons. The zero-order valence-corrected chi connectivity index (χ0v) is 8.16. The van der Waals surface area contributed by atoms with Crippen molar-refractivity contribution in [1.82, 2.24) is 5.32 Å². The van der Waals surface area contributed by atoms with Gasteiger partial charge >= 0.3 is 0 Å². The minimum atomic E-state index is 0.263. The molecular formula is C11H15NO2. The van der Waals surface area contributed by atoms with E-state index in [1.54, 1.807) is 6.26 Å². The molecule has 3 heteroatoms. The first-order chi connectivity index (χ1) is 6.84. The second kappa shape index (κ2) is 4.42. The van der Waals surface area contributed by atoms with E-state index in [0.717, 1.165) is 18.7 Å². The molecule has 1 atom stereocenters. The molecule has 14 heavy (non-hydrogen) atoms. The SMILES string of the molecule is O=C(Cc1ccco1)CC1CCCN1. The topological polar surface area (TPSA) is 42.2 Å². The third kappa shape index (κ3) is 2.45. The number of carbonyl (C=O) groups excluding carboxylic acids is 1. The Morgan fingerprint density at radius 3 is 3.21 bits per heavy atom. The molecule has 2 heterocycles. The Labute approximate surface area is 83.5 Å². The standard InChI is InChI=1S/C11H15NO2/c13-10(7-9-3-1-5-12-9)8-11-4-2-6-14-11/h2,4,6,9,12H,1,3,5,7-8H2. The Bertz CT molecular complexity index is 286. The van der Waals surface area contributed by atoms with E-state index in [4.69, 9.17) is 4.42 Å². The molecule has 2 rings (SSSR count). The fourth-order valence-corrected chi connectivity index (χ4v) is 1.89.